The van der Waals surface area contributed by atoms with Gasteiger partial charge in [-0.05, 0) is 18.2 Å². The Labute approximate surface area is 98.5 Å². The smallest absolute Gasteiger partial charge is 0.123 e. The molecule has 0 spiro atoms. The average Bonchev–Trinajstić information content (AvgIpc) is 2.18. The maximum atomic E-state index is 7.42. The van der Waals surface area contributed by atoms with Gasteiger partial charge < -0.3 is 10.5 Å². The Morgan fingerprint density at radius 2 is 2.33 bits per heavy atom. The first-order valence-electron chi connectivity index (χ1n) is 4.41. The van der Waals surface area contributed by atoms with Gasteiger partial charge in [0.25, 0.3) is 0 Å². The standard InChI is InChI=1S/C10H13ClN2OS/c1-14-4-5-15-9-6-7(11)2-3-8(9)10(12)13/h2-3,6H,4-5H2,1H3,(H3,12,13). The quantitative estimate of drug-likeness (QED) is 0.362. The lowest BCUT2D eigenvalue weighted by Crippen LogP contribution is -2.12. The van der Waals surface area contributed by atoms with Gasteiger partial charge in [-0.3, -0.25) is 5.41 Å². The molecule has 5 heteroatoms. The fraction of sp³-hybridized carbons (Fsp3) is 0.300. The minimum Gasteiger partial charge on any atom is -0.384 e. The summed E-state index contributed by atoms with van der Waals surface area (Å²) in [7, 11) is 1.66. The van der Waals surface area contributed by atoms with E-state index in [9.17, 15) is 0 Å². The van der Waals surface area contributed by atoms with Crippen molar-refractivity contribution in [2.75, 3.05) is 19.5 Å². The highest BCUT2D eigenvalue weighted by Gasteiger charge is 2.06. The van der Waals surface area contributed by atoms with Crippen molar-refractivity contribution >= 4 is 29.2 Å². The molecule has 1 rings (SSSR count). The Morgan fingerprint density at radius 3 is 2.93 bits per heavy atom. The van der Waals surface area contributed by atoms with Crippen molar-refractivity contribution in [3.8, 4) is 0 Å². The lowest BCUT2D eigenvalue weighted by molar-refractivity contribution is 0.218. The molecule has 0 bridgehead atoms. The molecule has 3 N–H and O–H groups in total. The van der Waals surface area contributed by atoms with Crippen molar-refractivity contribution in [1.82, 2.24) is 0 Å². The number of thioether (sulfide) groups is 1. The van der Waals surface area contributed by atoms with Crippen LogP contribution in [-0.4, -0.2) is 25.3 Å². The summed E-state index contributed by atoms with van der Waals surface area (Å²) < 4.78 is 4.96. The largest absolute Gasteiger partial charge is 0.384 e. The first-order valence-corrected chi connectivity index (χ1v) is 5.77. The van der Waals surface area contributed by atoms with Crippen LogP contribution in [0.25, 0.3) is 0 Å². The van der Waals surface area contributed by atoms with Crippen molar-refractivity contribution in [2.24, 2.45) is 5.73 Å². The first kappa shape index (κ1) is 12.4. The van der Waals surface area contributed by atoms with Crippen molar-refractivity contribution in [1.29, 1.82) is 5.41 Å². The zero-order valence-electron chi connectivity index (χ0n) is 8.42. The van der Waals surface area contributed by atoms with Crippen molar-refractivity contribution in [2.45, 2.75) is 4.90 Å². The predicted molar refractivity (Wildman–Crippen MR) is 65.1 cm³/mol. The number of hydrogen-bond acceptors (Lipinski definition) is 3. The topological polar surface area (TPSA) is 59.1 Å². The number of rotatable bonds is 5. The van der Waals surface area contributed by atoms with E-state index in [4.69, 9.17) is 27.5 Å². The molecule has 15 heavy (non-hydrogen) atoms. The maximum absolute atomic E-state index is 7.42. The third kappa shape index (κ3) is 3.74. The normalized spacial score (nSPS) is 10.3. The van der Waals surface area contributed by atoms with E-state index < -0.39 is 0 Å². The summed E-state index contributed by atoms with van der Waals surface area (Å²) in [6.45, 7) is 0.661. The van der Waals surface area contributed by atoms with Crippen LogP contribution in [0.2, 0.25) is 5.02 Å². The third-order valence-electron chi connectivity index (χ3n) is 1.78. The van der Waals surface area contributed by atoms with E-state index in [1.165, 1.54) is 0 Å². The predicted octanol–water partition coefficient (Wildman–Crippen LogP) is 2.36. The maximum Gasteiger partial charge on any atom is 0.123 e. The zero-order valence-corrected chi connectivity index (χ0v) is 9.99. The molecule has 0 aromatic heterocycles. The van der Waals surface area contributed by atoms with Crippen molar-refractivity contribution < 1.29 is 4.74 Å². The van der Waals surface area contributed by atoms with E-state index in [1.807, 2.05) is 6.07 Å². The number of hydrogen-bond donors (Lipinski definition) is 2. The number of methoxy groups -OCH3 is 1. The van der Waals surface area contributed by atoms with E-state index in [2.05, 4.69) is 0 Å². The van der Waals surface area contributed by atoms with Crippen LogP contribution in [0.4, 0.5) is 0 Å². The minimum atomic E-state index is 0.0617. The molecule has 0 heterocycles. The molecular weight excluding hydrogens is 232 g/mol. The molecule has 1 aromatic rings. The average molecular weight is 245 g/mol. The van der Waals surface area contributed by atoms with Crippen LogP contribution in [0.1, 0.15) is 5.56 Å². The van der Waals surface area contributed by atoms with Gasteiger partial charge in [-0.1, -0.05) is 11.6 Å². The summed E-state index contributed by atoms with van der Waals surface area (Å²) in [5.74, 6) is 0.878. The molecule has 0 aliphatic heterocycles. The molecule has 0 saturated heterocycles. The van der Waals surface area contributed by atoms with Crippen LogP contribution >= 0.6 is 23.4 Å². The molecule has 0 aliphatic rings. The lowest BCUT2D eigenvalue weighted by Gasteiger charge is -2.07. The Morgan fingerprint density at radius 1 is 1.60 bits per heavy atom. The minimum absolute atomic E-state index is 0.0617. The second kappa shape index (κ2) is 6.00. The van der Waals surface area contributed by atoms with Gasteiger partial charge in [0.1, 0.15) is 5.84 Å². The second-order valence-electron chi connectivity index (χ2n) is 2.90. The Kier molecular flexibility index (Phi) is 4.94. The number of nitrogen functional groups attached to an aromatic ring is 1. The Bertz CT molecular complexity index is 357. The zero-order chi connectivity index (χ0) is 11.3. The summed E-state index contributed by atoms with van der Waals surface area (Å²) >= 11 is 7.46. The highest BCUT2D eigenvalue weighted by Crippen LogP contribution is 2.25. The van der Waals surface area contributed by atoms with Crippen LogP contribution in [0.3, 0.4) is 0 Å². The highest BCUT2D eigenvalue weighted by atomic mass is 35.5. The molecule has 0 atom stereocenters. The van der Waals surface area contributed by atoms with Gasteiger partial charge in [0.05, 0.1) is 6.61 Å². The van der Waals surface area contributed by atoms with E-state index in [1.54, 1.807) is 31.0 Å². The summed E-state index contributed by atoms with van der Waals surface area (Å²) in [6, 6.07) is 5.32. The summed E-state index contributed by atoms with van der Waals surface area (Å²) in [5.41, 5.74) is 6.19. The van der Waals surface area contributed by atoms with Gasteiger partial charge in [-0.15, -0.1) is 11.8 Å². The molecule has 82 valence electrons. The molecule has 0 fully saturated rings. The fourth-order valence-corrected chi connectivity index (χ4v) is 2.32. The van der Waals surface area contributed by atoms with Crippen LogP contribution in [-0.2, 0) is 4.74 Å². The van der Waals surface area contributed by atoms with Crippen molar-refractivity contribution in [3.05, 3.63) is 28.8 Å². The van der Waals surface area contributed by atoms with E-state index in [-0.39, 0.29) is 5.84 Å². The number of nitrogens with one attached hydrogen (secondary N) is 1. The second-order valence-corrected chi connectivity index (χ2v) is 4.47. The molecule has 0 unspecified atom stereocenters. The highest BCUT2D eigenvalue weighted by molar-refractivity contribution is 7.99. The van der Waals surface area contributed by atoms with Gasteiger partial charge in [0.15, 0.2) is 0 Å². The fourth-order valence-electron chi connectivity index (χ4n) is 1.07. The van der Waals surface area contributed by atoms with Crippen LogP contribution in [0.15, 0.2) is 23.1 Å². The van der Waals surface area contributed by atoms with Crippen LogP contribution in [0.5, 0.6) is 0 Å². The molecule has 0 amide bonds. The monoisotopic (exact) mass is 244 g/mol. The van der Waals surface area contributed by atoms with E-state index in [0.717, 1.165) is 16.2 Å². The molecule has 0 saturated carbocycles. The molecule has 1 aromatic carbocycles. The summed E-state index contributed by atoms with van der Waals surface area (Å²) in [4.78, 5) is 0.923. The van der Waals surface area contributed by atoms with Gasteiger partial charge in [0.2, 0.25) is 0 Å². The summed E-state index contributed by atoms with van der Waals surface area (Å²) in [6.07, 6.45) is 0. The first-order chi connectivity index (χ1) is 7.15. The van der Waals surface area contributed by atoms with Crippen LogP contribution in [0, 0.1) is 5.41 Å². The van der Waals surface area contributed by atoms with Gasteiger partial charge in [-0.25, -0.2) is 0 Å². The molecule has 3 nitrogen and oxygen atoms in total. The molecular formula is C10H13ClN2OS. The third-order valence-corrected chi connectivity index (χ3v) is 3.03. The molecule has 0 radical (unpaired) electrons. The SMILES string of the molecule is COCCSc1cc(Cl)ccc1C(=N)N. The summed E-state index contributed by atoms with van der Waals surface area (Å²) in [5, 5.41) is 8.07. The van der Waals surface area contributed by atoms with Gasteiger partial charge in [-0.2, -0.15) is 0 Å². The number of amidine groups is 1. The van der Waals surface area contributed by atoms with Gasteiger partial charge in [0, 0.05) is 28.3 Å². The number of halogens is 1. The van der Waals surface area contributed by atoms with Gasteiger partial charge >= 0.3 is 0 Å². The van der Waals surface area contributed by atoms with Crippen LogP contribution < -0.4 is 5.73 Å². The Balaban J connectivity index is 2.82. The van der Waals surface area contributed by atoms with E-state index >= 15 is 0 Å². The number of benzene rings is 1. The molecule has 0 aliphatic carbocycles. The number of ether oxygens (including phenoxy) is 1. The number of nitrogens with two attached hydrogens (primary N) is 1. The lowest BCUT2D eigenvalue weighted by atomic mass is 10.2. The van der Waals surface area contributed by atoms with E-state index in [0.29, 0.717) is 11.6 Å². The Hall–Kier alpha value is -0.710. The van der Waals surface area contributed by atoms with Crippen molar-refractivity contribution in [3.63, 3.8) is 0 Å².